The highest BCUT2D eigenvalue weighted by molar-refractivity contribution is 5.87. The Morgan fingerprint density at radius 3 is 2.53 bits per heavy atom. The van der Waals surface area contributed by atoms with Gasteiger partial charge in [-0.05, 0) is 18.4 Å². The lowest BCUT2D eigenvalue weighted by molar-refractivity contribution is -0.141. The third-order valence-electron chi connectivity index (χ3n) is 2.65. The maximum Gasteiger partial charge on any atom is 0.326 e. The van der Waals surface area contributed by atoms with Gasteiger partial charge in [0.05, 0.1) is 6.04 Å². The third kappa shape index (κ3) is 4.93. The van der Waals surface area contributed by atoms with Crippen molar-refractivity contribution in [1.82, 2.24) is 5.32 Å². The number of amides is 1. The molecule has 0 heterocycles. The van der Waals surface area contributed by atoms with Crippen molar-refractivity contribution >= 4 is 11.9 Å². The van der Waals surface area contributed by atoms with Crippen LogP contribution in [0.25, 0.3) is 0 Å². The molecule has 1 aromatic carbocycles. The number of benzene rings is 1. The van der Waals surface area contributed by atoms with Crippen molar-refractivity contribution < 1.29 is 14.7 Å². The van der Waals surface area contributed by atoms with Crippen LogP contribution >= 0.6 is 0 Å². The molecule has 2 atom stereocenters. The first kappa shape index (κ1) is 14.9. The number of nitrogens with two attached hydrogens (primary N) is 1. The van der Waals surface area contributed by atoms with Crippen LogP contribution in [0.2, 0.25) is 0 Å². The van der Waals surface area contributed by atoms with Gasteiger partial charge in [0.2, 0.25) is 5.91 Å². The molecule has 0 radical (unpaired) electrons. The Balaban J connectivity index is 2.56. The average Bonchev–Trinajstić information content (AvgIpc) is 2.39. The van der Waals surface area contributed by atoms with E-state index in [2.05, 4.69) is 11.9 Å². The first-order chi connectivity index (χ1) is 9.04. The van der Waals surface area contributed by atoms with Crippen molar-refractivity contribution in [2.75, 3.05) is 0 Å². The fourth-order valence-corrected chi connectivity index (χ4v) is 1.63. The molecule has 5 nitrogen and oxygen atoms in total. The molecule has 102 valence electrons. The minimum Gasteiger partial charge on any atom is -0.480 e. The number of hydrogen-bond donors (Lipinski definition) is 3. The summed E-state index contributed by atoms with van der Waals surface area (Å²) >= 11 is 0. The zero-order chi connectivity index (χ0) is 14.3. The maximum atomic E-state index is 11.8. The molecule has 0 aromatic heterocycles. The molecule has 5 heteroatoms. The van der Waals surface area contributed by atoms with Crippen molar-refractivity contribution in [3.05, 3.63) is 48.6 Å². The monoisotopic (exact) mass is 262 g/mol. The van der Waals surface area contributed by atoms with Gasteiger partial charge in [-0.2, -0.15) is 0 Å². The Kier molecular flexibility index (Phi) is 5.75. The molecule has 1 amide bonds. The topological polar surface area (TPSA) is 92.4 Å². The number of hydrogen-bond acceptors (Lipinski definition) is 3. The number of nitrogens with one attached hydrogen (secondary N) is 1. The van der Waals surface area contributed by atoms with E-state index in [1.54, 1.807) is 0 Å². The van der Waals surface area contributed by atoms with Crippen molar-refractivity contribution in [1.29, 1.82) is 0 Å². The lowest BCUT2D eigenvalue weighted by Crippen LogP contribution is -2.49. The molecule has 0 aliphatic carbocycles. The Hall–Kier alpha value is -2.14. The number of carbonyl (C=O) groups is 2. The third-order valence-corrected chi connectivity index (χ3v) is 2.65. The van der Waals surface area contributed by atoms with Gasteiger partial charge in [0.25, 0.3) is 0 Å². The van der Waals surface area contributed by atoms with Gasteiger partial charge in [0, 0.05) is 0 Å². The van der Waals surface area contributed by atoms with E-state index >= 15 is 0 Å². The van der Waals surface area contributed by atoms with Crippen LogP contribution in [0.5, 0.6) is 0 Å². The number of carboxylic acids is 1. The molecule has 0 saturated heterocycles. The van der Waals surface area contributed by atoms with Crippen LogP contribution in [0, 0.1) is 0 Å². The predicted octanol–water partition coefficient (Wildman–Crippen LogP) is 0.702. The van der Waals surface area contributed by atoms with Crippen molar-refractivity contribution in [3.63, 3.8) is 0 Å². The van der Waals surface area contributed by atoms with Crippen LogP contribution in [-0.4, -0.2) is 29.1 Å². The maximum absolute atomic E-state index is 11.8. The first-order valence-corrected chi connectivity index (χ1v) is 5.98. The van der Waals surface area contributed by atoms with Crippen LogP contribution < -0.4 is 11.1 Å². The van der Waals surface area contributed by atoms with Crippen molar-refractivity contribution in [3.8, 4) is 0 Å². The summed E-state index contributed by atoms with van der Waals surface area (Å²) in [7, 11) is 0. The number of carboxylic acid groups (broad SMARTS) is 1. The number of aliphatic carboxylic acids is 1. The summed E-state index contributed by atoms with van der Waals surface area (Å²) in [5.41, 5.74) is 6.69. The van der Waals surface area contributed by atoms with Gasteiger partial charge in [-0.15, -0.1) is 6.58 Å². The fraction of sp³-hybridized carbons (Fsp3) is 0.286. The molecule has 0 spiro atoms. The second-order valence-corrected chi connectivity index (χ2v) is 4.22. The zero-order valence-corrected chi connectivity index (χ0v) is 10.6. The molecule has 0 bridgehead atoms. The SMILES string of the molecule is C=CCC(NC(=O)[C@@H](N)Cc1ccccc1)C(=O)O. The van der Waals surface area contributed by atoms with Gasteiger partial charge in [0.15, 0.2) is 0 Å². The van der Waals surface area contributed by atoms with Crippen LogP contribution in [0.1, 0.15) is 12.0 Å². The highest BCUT2D eigenvalue weighted by atomic mass is 16.4. The van der Waals surface area contributed by atoms with Gasteiger partial charge in [-0.3, -0.25) is 4.79 Å². The fourth-order valence-electron chi connectivity index (χ4n) is 1.63. The lowest BCUT2D eigenvalue weighted by atomic mass is 10.1. The average molecular weight is 262 g/mol. The van der Waals surface area contributed by atoms with Crippen LogP contribution in [0.15, 0.2) is 43.0 Å². The zero-order valence-electron chi connectivity index (χ0n) is 10.6. The Morgan fingerprint density at radius 2 is 2.00 bits per heavy atom. The van der Waals surface area contributed by atoms with Crippen molar-refractivity contribution in [2.45, 2.75) is 24.9 Å². The minimum absolute atomic E-state index is 0.166. The highest BCUT2D eigenvalue weighted by Gasteiger charge is 2.22. The highest BCUT2D eigenvalue weighted by Crippen LogP contribution is 2.03. The lowest BCUT2D eigenvalue weighted by Gasteiger charge is -2.16. The molecule has 1 aromatic rings. The van der Waals surface area contributed by atoms with Gasteiger partial charge in [-0.1, -0.05) is 36.4 Å². The summed E-state index contributed by atoms with van der Waals surface area (Å²) in [6.07, 6.45) is 1.98. The molecular weight excluding hydrogens is 244 g/mol. The van der Waals surface area contributed by atoms with Crippen molar-refractivity contribution in [2.24, 2.45) is 5.73 Å². The normalized spacial score (nSPS) is 13.3. The van der Waals surface area contributed by atoms with E-state index in [1.807, 2.05) is 30.3 Å². The number of carbonyl (C=O) groups excluding carboxylic acids is 1. The summed E-state index contributed by atoms with van der Waals surface area (Å²) in [6, 6.07) is 7.58. The largest absolute Gasteiger partial charge is 0.480 e. The summed E-state index contributed by atoms with van der Waals surface area (Å²) in [6.45, 7) is 3.46. The Morgan fingerprint density at radius 1 is 1.37 bits per heavy atom. The summed E-state index contributed by atoms with van der Waals surface area (Å²) in [5.74, 6) is -1.57. The van der Waals surface area contributed by atoms with Gasteiger partial charge < -0.3 is 16.2 Å². The van der Waals surface area contributed by atoms with E-state index in [9.17, 15) is 9.59 Å². The second-order valence-electron chi connectivity index (χ2n) is 4.22. The Labute approximate surface area is 112 Å². The molecular formula is C14H18N2O3. The first-order valence-electron chi connectivity index (χ1n) is 5.98. The molecule has 0 aliphatic heterocycles. The van der Waals surface area contributed by atoms with Gasteiger partial charge >= 0.3 is 5.97 Å². The standard InChI is InChI=1S/C14H18N2O3/c1-2-6-12(14(18)19)16-13(17)11(15)9-10-7-4-3-5-8-10/h2-5,7-8,11-12H,1,6,9,15H2,(H,16,17)(H,18,19)/t11-,12?/m0/s1. The molecule has 1 unspecified atom stereocenters. The predicted molar refractivity (Wildman–Crippen MR) is 72.5 cm³/mol. The second kappa shape index (κ2) is 7.33. The molecule has 1 rings (SSSR count). The van der Waals surface area contributed by atoms with Crippen LogP contribution in [0.4, 0.5) is 0 Å². The van der Waals surface area contributed by atoms with E-state index in [4.69, 9.17) is 10.8 Å². The summed E-state index contributed by atoms with van der Waals surface area (Å²) < 4.78 is 0. The minimum atomic E-state index is -1.10. The smallest absolute Gasteiger partial charge is 0.326 e. The quantitative estimate of drug-likeness (QED) is 0.631. The van der Waals surface area contributed by atoms with E-state index in [0.29, 0.717) is 6.42 Å². The van der Waals surface area contributed by atoms with E-state index in [-0.39, 0.29) is 6.42 Å². The van der Waals surface area contributed by atoms with Gasteiger partial charge in [-0.25, -0.2) is 4.79 Å². The molecule has 0 aliphatic rings. The molecule has 0 fully saturated rings. The van der Waals surface area contributed by atoms with Crippen LogP contribution in [0.3, 0.4) is 0 Å². The van der Waals surface area contributed by atoms with E-state index < -0.39 is 24.0 Å². The summed E-state index contributed by atoms with van der Waals surface area (Å²) in [4.78, 5) is 22.7. The van der Waals surface area contributed by atoms with Crippen LogP contribution in [-0.2, 0) is 16.0 Å². The Bertz CT molecular complexity index is 445. The molecule has 0 saturated carbocycles. The van der Waals surface area contributed by atoms with E-state index in [1.165, 1.54) is 6.08 Å². The van der Waals surface area contributed by atoms with E-state index in [0.717, 1.165) is 5.56 Å². The molecule has 19 heavy (non-hydrogen) atoms. The van der Waals surface area contributed by atoms with Gasteiger partial charge in [0.1, 0.15) is 6.04 Å². The number of rotatable bonds is 7. The summed E-state index contributed by atoms with van der Waals surface area (Å²) in [5, 5.41) is 11.3. The molecule has 4 N–H and O–H groups in total.